The summed E-state index contributed by atoms with van der Waals surface area (Å²) in [6.07, 6.45) is 7.22. The molecular formula is C27H37NO3. The van der Waals surface area contributed by atoms with E-state index in [1.54, 1.807) is 0 Å². The highest BCUT2D eigenvalue weighted by Crippen LogP contribution is 2.64. The Morgan fingerprint density at radius 1 is 1.03 bits per heavy atom. The molecule has 168 valence electrons. The highest BCUT2D eigenvalue weighted by molar-refractivity contribution is 5.53. The SMILES string of the molecule is C[C@@H]1c2ccc3c(c2[C@@]2(O)C[C@H]4CC[C@@H]1N2C4)C[C@@H]1[C@@H]3C[C@H](O)[C@H]2C[C@@H](O)CC[C@@]12C. The molecule has 3 aliphatic carbocycles. The molecule has 0 amide bonds. The molecule has 2 saturated heterocycles. The lowest BCUT2D eigenvalue weighted by molar-refractivity contribution is -0.124. The summed E-state index contributed by atoms with van der Waals surface area (Å²) in [6.45, 7) is 5.82. The minimum Gasteiger partial charge on any atom is -0.393 e. The Hall–Kier alpha value is -0.940. The Labute approximate surface area is 185 Å². The van der Waals surface area contributed by atoms with Gasteiger partial charge in [0.1, 0.15) is 5.72 Å². The fourth-order valence-corrected chi connectivity index (χ4v) is 9.64. The van der Waals surface area contributed by atoms with Gasteiger partial charge >= 0.3 is 0 Å². The fourth-order valence-electron chi connectivity index (χ4n) is 9.64. The van der Waals surface area contributed by atoms with Crippen LogP contribution in [0.2, 0.25) is 0 Å². The number of hydrogen-bond donors (Lipinski definition) is 3. The van der Waals surface area contributed by atoms with Crippen molar-refractivity contribution < 1.29 is 15.3 Å². The summed E-state index contributed by atoms with van der Waals surface area (Å²) in [6, 6.07) is 5.18. The number of rotatable bonds is 0. The maximum Gasteiger partial charge on any atom is 0.145 e. The minimum absolute atomic E-state index is 0.0742. The molecule has 0 radical (unpaired) electrons. The van der Waals surface area contributed by atoms with Gasteiger partial charge in [-0.05, 0) is 103 Å². The van der Waals surface area contributed by atoms with Gasteiger partial charge in [0.2, 0.25) is 0 Å². The molecular weight excluding hydrogens is 386 g/mol. The fraction of sp³-hybridized carbons (Fsp3) is 0.778. The van der Waals surface area contributed by atoms with Gasteiger partial charge in [-0.15, -0.1) is 0 Å². The van der Waals surface area contributed by atoms with Gasteiger partial charge in [0.25, 0.3) is 0 Å². The monoisotopic (exact) mass is 423 g/mol. The van der Waals surface area contributed by atoms with Crippen molar-refractivity contribution in [3.8, 4) is 0 Å². The normalized spacial score (nSPS) is 52.3. The molecule has 10 atom stereocenters. The van der Waals surface area contributed by atoms with Crippen LogP contribution in [-0.4, -0.2) is 45.0 Å². The molecule has 1 aromatic carbocycles. The van der Waals surface area contributed by atoms with E-state index < -0.39 is 5.72 Å². The van der Waals surface area contributed by atoms with Crippen LogP contribution in [0.15, 0.2) is 12.1 Å². The van der Waals surface area contributed by atoms with Crippen LogP contribution in [0.1, 0.15) is 92.9 Å². The molecule has 3 heterocycles. The molecule has 4 fully saturated rings. The van der Waals surface area contributed by atoms with Gasteiger partial charge in [-0.1, -0.05) is 26.0 Å². The predicted octanol–water partition coefficient (Wildman–Crippen LogP) is 3.62. The van der Waals surface area contributed by atoms with E-state index in [1.807, 2.05) is 0 Å². The smallest absolute Gasteiger partial charge is 0.145 e. The van der Waals surface area contributed by atoms with E-state index in [4.69, 9.17) is 0 Å². The zero-order chi connectivity index (χ0) is 21.3. The van der Waals surface area contributed by atoms with Crippen molar-refractivity contribution in [3.05, 3.63) is 34.4 Å². The number of aliphatic hydroxyl groups excluding tert-OH is 2. The maximum atomic E-state index is 12.2. The highest BCUT2D eigenvalue weighted by Gasteiger charge is 2.61. The lowest BCUT2D eigenvalue weighted by Crippen LogP contribution is -2.54. The van der Waals surface area contributed by atoms with Gasteiger partial charge in [-0.2, -0.15) is 0 Å². The van der Waals surface area contributed by atoms with Crippen molar-refractivity contribution in [1.82, 2.24) is 4.90 Å². The summed E-state index contributed by atoms with van der Waals surface area (Å²) in [5.74, 6) is 2.20. The highest BCUT2D eigenvalue weighted by atomic mass is 16.3. The maximum absolute atomic E-state index is 12.2. The largest absolute Gasteiger partial charge is 0.393 e. The molecule has 0 spiro atoms. The third-order valence-electron chi connectivity index (χ3n) is 11.1. The molecule has 3 aliphatic heterocycles. The van der Waals surface area contributed by atoms with Crippen molar-refractivity contribution in [1.29, 1.82) is 0 Å². The van der Waals surface area contributed by atoms with Crippen molar-refractivity contribution in [2.24, 2.45) is 23.2 Å². The quantitative estimate of drug-likeness (QED) is 0.596. The lowest BCUT2D eigenvalue weighted by Gasteiger charge is -2.55. The van der Waals surface area contributed by atoms with Crippen LogP contribution < -0.4 is 0 Å². The second kappa shape index (κ2) is 6.14. The van der Waals surface area contributed by atoms with Gasteiger partial charge in [-0.3, -0.25) is 4.90 Å². The van der Waals surface area contributed by atoms with Gasteiger partial charge in [-0.25, -0.2) is 0 Å². The van der Waals surface area contributed by atoms with Crippen molar-refractivity contribution >= 4 is 0 Å². The van der Waals surface area contributed by atoms with Gasteiger partial charge in [0, 0.05) is 18.2 Å². The Bertz CT molecular complexity index is 947. The van der Waals surface area contributed by atoms with E-state index in [0.29, 0.717) is 29.7 Å². The number of nitrogens with zero attached hydrogens (tertiary/aromatic N) is 1. The first-order valence-electron chi connectivity index (χ1n) is 12.8. The number of fused-ring (bicyclic) bond motifs is 9. The molecule has 3 N–H and O–H groups in total. The summed E-state index contributed by atoms with van der Waals surface area (Å²) in [4.78, 5) is 2.47. The topological polar surface area (TPSA) is 63.9 Å². The predicted molar refractivity (Wildman–Crippen MR) is 119 cm³/mol. The van der Waals surface area contributed by atoms with Gasteiger partial charge < -0.3 is 15.3 Å². The zero-order valence-corrected chi connectivity index (χ0v) is 18.9. The molecule has 1 aromatic rings. The summed E-state index contributed by atoms with van der Waals surface area (Å²) in [5, 5.41) is 33.7. The molecule has 0 unspecified atom stereocenters. The minimum atomic E-state index is -0.784. The Morgan fingerprint density at radius 3 is 2.68 bits per heavy atom. The molecule has 0 aromatic heterocycles. The number of hydrogen-bond acceptors (Lipinski definition) is 4. The van der Waals surface area contributed by atoms with Crippen LogP contribution in [-0.2, 0) is 12.1 Å². The van der Waals surface area contributed by atoms with E-state index >= 15 is 0 Å². The third kappa shape index (κ3) is 2.31. The molecule has 6 aliphatic rings. The zero-order valence-electron chi connectivity index (χ0n) is 18.9. The van der Waals surface area contributed by atoms with E-state index in [2.05, 4.69) is 30.9 Å². The van der Waals surface area contributed by atoms with Crippen molar-refractivity contribution in [2.45, 2.75) is 101 Å². The average molecular weight is 424 g/mol. The summed E-state index contributed by atoms with van der Waals surface area (Å²) >= 11 is 0. The third-order valence-corrected chi connectivity index (χ3v) is 11.1. The van der Waals surface area contributed by atoms with Crippen LogP contribution in [0.4, 0.5) is 0 Å². The van der Waals surface area contributed by atoms with Crippen LogP contribution >= 0.6 is 0 Å². The number of piperidine rings is 1. The Balaban J connectivity index is 1.37. The Kier molecular flexibility index (Phi) is 3.86. The molecule has 7 rings (SSSR count). The first kappa shape index (κ1) is 19.5. The summed E-state index contributed by atoms with van der Waals surface area (Å²) in [5.41, 5.74) is 4.78. The van der Waals surface area contributed by atoms with Crippen LogP contribution in [0, 0.1) is 23.2 Å². The lowest BCUT2D eigenvalue weighted by atomic mass is 9.51. The molecule has 4 nitrogen and oxygen atoms in total. The second-order valence-electron chi connectivity index (χ2n) is 12.3. The second-order valence-corrected chi connectivity index (χ2v) is 12.3. The van der Waals surface area contributed by atoms with E-state index in [9.17, 15) is 15.3 Å². The van der Waals surface area contributed by atoms with Gasteiger partial charge in [0.15, 0.2) is 0 Å². The average Bonchev–Trinajstić information content (AvgIpc) is 3.25. The van der Waals surface area contributed by atoms with Gasteiger partial charge in [0.05, 0.1) is 12.2 Å². The molecule has 2 saturated carbocycles. The number of aliphatic hydroxyl groups is 3. The Morgan fingerprint density at radius 2 is 1.84 bits per heavy atom. The standard InChI is InChI=1S/C27H37NO3/c1-14-17-4-5-18-19-11-24(30)22-9-16(29)7-8-26(22,2)21(19)10-20(18)25(17)27(31)12-15-3-6-23(14)28(27)13-15/h4-5,14-16,19,21-24,29-31H,3,6-13H2,1-2H3/t14-,15-,16+,19-,21-,22-,23+,24+,26+,27+/m1/s1. The van der Waals surface area contributed by atoms with Crippen LogP contribution in [0.3, 0.4) is 0 Å². The first-order chi connectivity index (χ1) is 14.8. The van der Waals surface area contributed by atoms with E-state index in [-0.39, 0.29) is 23.5 Å². The molecule has 2 bridgehead atoms. The van der Waals surface area contributed by atoms with E-state index in [1.165, 1.54) is 35.1 Å². The first-order valence-corrected chi connectivity index (χ1v) is 12.8. The number of benzene rings is 1. The summed E-state index contributed by atoms with van der Waals surface area (Å²) in [7, 11) is 0. The van der Waals surface area contributed by atoms with Crippen molar-refractivity contribution in [3.63, 3.8) is 0 Å². The molecule has 31 heavy (non-hydrogen) atoms. The van der Waals surface area contributed by atoms with Crippen LogP contribution in [0.25, 0.3) is 0 Å². The van der Waals surface area contributed by atoms with E-state index in [0.717, 1.165) is 45.1 Å². The van der Waals surface area contributed by atoms with Crippen molar-refractivity contribution in [2.75, 3.05) is 6.54 Å². The molecule has 4 heteroatoms. The summed E-state index contributed by atoms with van der Waals surface area (Å²) < 4.78 is 0. The van der Waals surface area contributed by atoms with Crippen LogP contribution in [0.5, 0.6) is 0 Å².